The van der Waals surface area contributed by atoms with Crippen LogP contribution in [-0.4, -0.2) is 27.7 Å². The Bertz CT molecular complexity index is 716. The molecule has 0 fully saturated rings. The third-order valence-electron chi connectivity index (χ3n) is 3.03. The quantitative estimate of drug-likeness (QED) is 0.664. The van der Waals surface area contributed by atoms with Crippen LogP contribution in [0.5, 0.6) is 0 Å². The zero-order valence-electron chi connectivity index (χ0n) is 11.0. The average molecular weight is 268 g/mol. The van der Waals surface area contributed by atoms with Crippen LogP contribution >= 0.6 is 0 Å². The molecule has 1 aromatic carbocycles. The molecule has 2 heterocycles. The number of anilines is 2. The van der Waals surface area contributed by atoms with Crippen molar-refractivity contribution in [2.24, 2.45) is 5.73 Å². The number of aromatic nitrogens is 3. The van der Waals surface area contributed by atoms with Gasteiger partial charge in [0.05, 0.1) is 5.69 Å². The van der Waals surface area contributed by atoms with Crippen molar-refractivity contribution in [1.82, 2.24) is 14.6 Å². The van der Waals surface area contributed by atoms with E-state index in [2.05, 4.69) is 15.4 Å². The zero-order chi connectivity index (χ0) is 13.9. The van der Waals surface area contributed by atoms with E-state index < -0.39 is 0 Å². The lowest BCUT2D eigenvalue weighted by atomic mass is 10.1. The highest BCUT2D eigenvalue weighted by Gasteiger charge is 2.06. The molecular formula is C14H16N6. The van der Waals surface area contributed by atoms with Crippen LogP contribution in [0.2, 0.25) is 0 Å². The summed E-state index contributed by atoms with van der Waals surface area (Å²) in [5.41, 5.74) is 14.9. The van der Waals surface area contributed by atoms with Crippen molar-refractivity contribution in [3.8, 4) is 11.3 Å². The number of nitrogens with two attached hydrogens (primary N) is 2. The number of hydrogen-bond donors (Lipinski definition) is 3. The van der Waals surface area contributed by atoms with Gasteiger partial charge in [0.15, 0.2) is 5.65 Å². The summed E-state index contributed by atoms with van der Waals surface area (Å²) in [6.45, 7) is 1.37. The number of hydrogen-bond acceptors (Lipinski definition) is 5. The molecule has 0 saturated heterocycles. The molecule has 5 N–H and O–H groups in total. The van der Waals surface area contributed by atoms with Gasteiger partial charge in [-0.15, -0.1) is 5.10 Å². The van der Waals surface area contributed by atoms with Crippen LogP contribution in [0.25, 0.3) is 16.9 Å². The maximum Gasteiger partial charge on any atom is 0.240 e. The van der Waals surface area contributed by atoms with Crippen LogP contribution in [0.15, 0.2) is 42.5 Å². The summed E-state index contributed by atoms with van der Waals surface area (Å²) in [5.74, 6) is 0.277. The van der Waals surface area contributed by atoms with Crippen molar-refractivity contribution in [2.45, 2.75) is 0 Å². The summed E-state index contributed by atoms with van der Waals surface area (Å²) >= 11 is 0. The summed E-state index contributed by atoms with van der Waals surface area (Å²) < 4.78 is 1.75. The Morgan fingerprint density at radius 2 is 1.90 bits per heavy atom. The molecule has 6 heteroatoms. The van der Waals surface area contributed by atoms with Crippen molar-refractivity contribution in [3.63, 3.8) is 0 Å². The normalized spacial score (nSPS) is 10.8. The van der Waals surface area contributed by atoms with E-state index in [0.29, 0.717) is 6.54 Å². The van der Waals surface area contributed by atoms with E-state index in [0.717, 1.165) is 29.1 Å². The Kier molecular flexibility index (Phi) is 3.22. The van der Waals surface area contributed by atoms with Gasteiger partial charge in [0.2, 0.25) is 5.95 Å². The van der Waals surface area contributed by atoms with Crippen LogP contribution in [0.4, 0.5) is 11.6 Å². The highest BCUT2D eigenvalue weighted by atomic mass is 15.3. The van der Waals surface area contributed by atoms with Gasteiger partial charge in [-0.3, -0.25) is 0 Å². The minimum Gasteiger partial charge on any atom is -0.384 e. The van der Waals surface area contributed by atoms with Crippen LogP contribution in [0.3, 0.4) is 0 Å². The van der Waals surface area contributed by atoms with Crippen molar-refractivity contribution < 1.29 is 0 Å². The van der Waals surface area contributed by atoms with Crippen LogP contribution in [0, 0.1) is 0 Å². The third-order valence-corrected chi connectivity index (χ3v) is 3.03. The smallest absolute Gasteiger partial charge is 0.240 e. The molecule has 102 valence electrons. The first kappa shape index (κ1) is 12.4. The Labute approximate surface area is 116 Å². The first-order valence-corrected chi connectivity index (χ1v) is 6.43. The van der Waals surface area contributed by atoms with Gasteiger partial charge in [-0.25, -0.2) is 4.52 Å². The number of fused-ring (bicyclic) bond motifs is 1. The number of pyridine rings is 1. The molecule has 0 aliphatic rings. The maximum absolute atomic E-state index is 5.65. The van der Waals surface area contributed by atoms with E-state index in [-0.39, 0.29) is 5.95 Å². The lowest BCUT2D eigenvalue weighted by Crippen LogP contribution is -2.12. The number of rotatable bonds is 4. The van der Waals surface area contributed by atoms with Crippen LogP contribution in [-0.2, 0) is 0 Å². The highest BCUT2D eigenvalue weighted by molar-refractivity contribution is 5.65. The Morgan fingerprint density at radius 3 is 2.65 bits per heavy atom. The number of nitrogens with zero attached hydrogens (tertiary/aromatic N) is 3. The SMILES string of the molecule is NCCNc1ccc(-c2cccc3nc(N)nn23)cc1. The van der Waals surface area contributed by atoms with Crippen molar-refractivity contribution >= 4 is 17.3 Å². The fourth-order valence-electron chi connectivity index (χ4n) is 2.12. The minimum absolute atomic E-state index is 0.277. The summed E-state index contributed by atoms with van der Waals surface area (Å²) in [6.07, 6.45) is 0. The second-order valence-electron chi connectivity index (χ2n) is 4.44. The molecule has 3 aromatic rings. The predicted molar refractivity (Wildman–Crippen MR) is 80.4 cm³/mol. The zero-order valence-corrected chi connectivity index (χ0v) is 11.0. The molecule has 0 unspecified atom stereocenters. The van der Waals surface area contributed by atoms with E-state index in [4.69, 9.17) is 11.5 Å². The molecule has 2 aromatic heterocycles. The fraction of sp³-hybridized carbons (Fsp3) is 0.143. The molecule has 0 aliphatic carbocycles. The fourth-order valence-corrected chi connectivity index (χ4v) is 2.12. The molecule has 0 saturated carbocycles. The second kappa shape index (κ2) is 5.18. The third kappa shape index (κ3) is 2.28. The Morgan fingerprint density at radius 1 is 1.10 bits per heavy atom. The lowest BCUT2D eigenvalue weighted by Gasteiger charge is -2.07. The first-order valence-electron chi connectivity index (χ1n) is 6.43. The molecule has 0 spiro atoms. The predicted octanol–water partition coefficient (Wildman–Crippen LogP) is 1.35. The van der Waals surface area contributed by atoms with E-state index in [1.165, 1.54) is 0 Å². The summed E-state index contributed by atoms with van der Waals surface area (Å²) in [4.78, 5) is 4.16. The second-order valence-corrected chi connectivity index (χ2v) is 4.44. The summed E-state index contributed by atoms with van der Waals surface area (Å²) in [6, 6.07) is 13.9. The molecule has 3 rings (SSSR count). The molecule has 6 nitrogen and oxygen atoms in total. The number of nitrogens with one attached hydrogen (secondary N) is 1. The largest absolute Gasteiger partial charge is 0.384 e. The van der Waals surface area contributed by atoms with Gasteiger partial charge in [-0.1, -0.05) is 18.2 Å². The number of nitrogen functional groups attached to an aromatic ring is 1. The van der Waals surface area contributed by atoms with Crippen LogP contribution < -0.4 is 16.8 Å². The summed E-state index contributed by atoms with van der Waals surface area (Å²) in [7, 11) is 0. The first-order chi connectivity index (χ1) is 9.78. The van der Waals surface area contributed by atoms with Gasteiger partial charge >= 0.3 is 0 Å². The monoisotopic (exact) mass is 268 g/mol. The molecule has 0 bridgehead atoms. The van der Waals surface area contributed by atoms with E-state index in [9.17, 15) is 0 Å². The van der Waals surface area contributed by atoms with Crippen molar-refractivity contribution in [3.05, 3.63) is 42.5 Å². The van der Waals surface area contributed by atoms with Gasteiger partial charge in [0.1, 0.15) is 0 Å². The molecule has 20 heavy (non-hydrogen) atoms. The summed E-state index contributed by atoms with van der Waals surface area (Å²) in [5, 5.41) is 7.45. The molecule has 0 radical (unpaired) electrons. The topological polar surface area (TPSA) is 94.3 Å². The average Bonchev–Trinajstić information content (AvgIpc) is 2.85. The highest BCUT2D eigenvalue weighted by Crippen LogP contribution is 2.22. The Balaban J connectivity index is 1.98. The van der Waals surface area contributed by atoms with Crippen molar-refractivity contribution in [2.75, 3.05) is 24.1 Å². The van der Waals surface area contributed by atoms with E-state index in [1.807, 2.05) is 42.5 Å². The van der Waals surface area contributed by atoms with E-state index >= 15 is 0 Å². The van der Waals surface area contributed by atoms with Gasteiger partial charge in [0, 0.05) is 24.3 Å². The standard InChI is InChI=1S/C14H16N6/c15-8-9-17-11-6-4-10(5-7-11)12-2-1-3-13-18-14(16)19-20(12)13/h1-7,17H,8-9,15H2,(H2,16,19). The van der Waals surface area contributed by atoms with Gasteiger partial charge < -0.3 is 16.8 Å². The minimum atomic E-state index is 0.277. The number of benzene rings is 1. The molecule has 0 atom stereocenters. The van der Waals surface area contributed by atoms with Gasteiger partial charge in [-0.2, -0.15) is 4.98 Å². The lowest BCUT2D eigenvalue weighted by molar-refractivity contribution is 0.976. The molecule has 0 amide bonds. The Hall–Kier alpha value is -2.60. The van der Waals surface area contributed by atoms with Gasteiger partial charge in [-0.05, 0) is 24.3 Å². The molecular weight excluding hydrogens is 252 g/mol. The van der Waals surface area contributed by atoms with Gasteiger partial charge in [0.25, 0.3) is 0 Å². The van der Waals surface area contributed by atoms with E-state index in [1.54, 1.807) is 4.52 Å². The molecule has 0 aliphatic heterocycles. The van der Waals surface area contributed by atoms with Crippen LogP contribution in [0.1, 0.15) is 0 Å². The maximum atomic E-state index is 5.65. The van der Waals surface area contributed by atoms with Crippen molar-refractivity contribution in [1.29, 1.82) is 0 Å².